The minimum Gasteiger partial charge on any atom is -0.378 e. The first-order valence-corrected chi connectivity index (χ1v) is 9.39. The average Bonchev–Trinajstić information content (AvgIpc) is 2.85. The normalized spacial score (nSPS) is 16.4. The molecule has 0 radical (unpaired) electrons. The molecule has 7 nitrogen and oxygen atoms in total. The zero-order valence-electron chi connectivity index (χ0n) is 14.5. The number of Topliss-reactive ketones (excluding diaryl/α,β-unsaturated/α-hetero) is 1. The van der Waals surface area contributed by atoms with Gasteiger partial charge < -0.3 is 4.18 Å². The number of fused-ring (bicyclic) bond motifs is 1. The number of aryl methyl sites for hydroxylation is 2. The summed E-state index contributed by atoms with van der Waals surface area (Å²) in [5.74, 6) is -0.219. The van der Waals surface area contributed by atoms with Crippen molar-refractivity contribution in [3.05, 3.63) is 62.7 Å². The van der Waals surface area contributed by atoms with Gasteiger partial charge in [0.25, 0.3) is 5.69 Å². The van der Waals surface area contributed by atoms with Crippen LogP contribution in [-0.2, 0) is 10.1 Å². The Labute approximate surface area is 150 Å². The predicted molar refractivity (Wildman–Crippen MR) is 94.2 cm³/mol. The van der Waals surface area contributed by atoms with Crippen molar-refractivity contribution in [1.29, 1.82) is 0 Å². The van der Waals surface area contributed by atoms with Crippen LogP contribution in [0.5, 0.6) is 5.75 Å². The van der Waals surface area contributed by atoms with Gasteiger partial charge >= 0.3 is 10.1 Å². The van der Waals surface area contributed by atoms with Gasteiger partial charge in [-0.15, -0.1) is 0 Å². The molecular weight excluding hydrogens is 358 g/mol. The maximum Gasteiger partial charge on any atom is 0.339 e. The molecule has 0 aromatic heterocycles. The molecule has 26 heavy (non-hydrogen) atoms. The summed E-state index contributed by atoms with van der Waals surface area (Å²) < 4.78 is 30.4. The van der Waals surface area contributed by atoms with Crippen LogP contribution in [0, 0.1) is 24.0 Å². The molecule has 0 bridgehead atoms. The van der Waals surface area contributed by atoms with E-state index in [2.05, 4.69) is 0 Å². The SMILES string of the molecule is Cc1ccc(S(=O)(=O)Oc2ccc(C)c3c2C(=O)CC3C)cc1[N+](=O)[O-]. The Bertz CT molecular complexity index is 1040. The van der Waals surface area contributed by atoms with E-state index >= 15 is 0 Å². The smallest absolute Gasteiger partial charge is 0.339 e. The molecule has 0 saturated heterocycles. The van der Waals surface area contributed by atoms with Gasteiger partial charge in [-0.05, 0) is 43.0 Å². The van der Waals surface area contributed by atoms with E-state index in [1.54, 1.807) is 6.07 Å². The fourth-order valence-corrected chi connectivity index (χ4v) is 4.25. The lowest BCUT2D eigenvalue weighted by Gasteiger charge is -2.13. The van der Waals surface area contributed by atoms with Crippen LogP contribution in [0.3, 0.4) is 0 Å². The van der Waals surface area contributed by atoms with E-state index in [4.69, 9.17) is 4.18 Å². The topological polar surface area (TPSA) is 104 Å². The fraction of sp³-hybridized carbons (Fsp3) is 0.278. The minimum atomic E-state index is -4.32. The fourth-order valence-electron chi connectivity index (χ4n) is 3.29. The van der Waals surface area contributed by atoms with Gasteiger partial charge in [-0.3, -0.25) is 14.9 Å². The molecule has 1 unspecified atom stereocenters. The van der Waals surface area contributed by atoms with Gasteiger partial charge in [0.2, 0.25) is 0 Å². The molecule has 1 aliphatic rings. The summed E-state index contributed by atoms with van der Waals surface area (Å²) in [7, 11) is -4.32. The van der Waals surface area contributed by atoms with Crippen LogP contribution in [0.15, 0.2) is 35.2 Å². The number of ketones is 1. The van der Waals surface area contributed by atoms with E-state index in [-0.39, 0.29) is 33.6 Å². The van der Waals surface area contributed by atoms with Crippen molar-refractivity contribution < 1.29 is 22.3 Å². The van der Waals surface area contributed by atoms with E-state index < -0.39 is 15.0 Å². The number of carbonyl (C=O) groups is 1. The third kappa shape index (κ3) is 2.96. The first-order valence-electron chi connectivity index (χ1n) is 7.98. The zero-order valence-corrected chi connectivity index (χ0v) is 15.3. The molecular formula is C18H17NO6S. The van der Waals surface area contributed by atoms with Crippen LogP contribution in [0.1, 0.15) is 46.3 Å². The molecule has 2 aromatic rings. The number of carbonyl (C=O) groups excluding carboxylic acids is 1. The molecule has 0 N–H and O–H groups in total. The van der Waals surface area contributed by atoms with E-state index in [9.17, 15) is 23.3 Å². The minimum absolute atomic E-state index is 0.00998. The molecule has 0 heterocycles. The molecule has 0 fully saturated rings. The lowest BCUT2D eigenvalue weighted by molar-refractivity contribution is -0.385. The Morgan fingerprint density at radius 2 is 1.81 bits per heavy atom. The largest absolute Gasteiger partial charge is 0.378 e. The summed E-state index contributed by atoms with van der Waals surface area (Å²) in [5.41, 5.74) is 2.00. The van der Waals surface area contributed by atoms with Crippen molar-refractivity contribution >= 4 is 21.6 Å². The average molecular weight is 375 g/mol. The molecule has 2 aromatic carbocycles. The van der Waals surface area contributed by atoms with Crippen LogP contribution in [-0.4, -0.2) is 19.1 Å². The molecule has 3 rings (SSSR count). The van der Waals surface area contributed by atoms with Gasteiger partial charge in [-0.1, -0.05) is 19.1 Å². The summed E-state index contributed by atoms with van der Waals surface area (Å²) in [6.07, 6.45) is 0.298. The first-order chi connectivity index (χ1) is 12.1. The highest BCUT2D eigenvalue weighted by Crippen LogP contribution is 2.41. The van der Waals surface area contributed by atoms with Crippen molar-refractivity contribution in [3.63, 3.8) is 0 Å². The van der Waals surface area contributed by atoms with E-state index in [1.165, 1.54) is 25.1 Å². The first kappa shape index (κ1) is 18.1. The van der Waals surface area contributed by atoms with Gasteiger partial charge in [0.1, 0.15) is 4.90 Å². The third-order valence-corrected chi connectivity index (χ3v) is 5.78. The van der Waals surface area contributed by atoms with Gasteiger partial charge in [0, 0.05) is 18.1 Å². The second-order valence-corrected chi connectivity index (χ2v) is 7.99. The zero-order chi connectivity index (χ0) is 19.2. The van der Waals surface area contributed by atoms with Crippen LogP contribution < -0.4 is 4.18 Å². The molecule has 0 saturated carbocycles. The van der Waals surface area contributed by atoms with Crippen molar-refractivity contribution in [2.45, 2.75) is 38.0 Å². The molecule has 8 heteroatoms. The molecule has 136 valence electrons. The summed E-state index contributed by atoms with van der Waals surface area (Å²) in [4.78, 5) is 22.4. The maximum atomic E-state index is 12.6. The molecule has 0 spiro atoms. The van der Waals surface area contributed by atoms with Gasteiger partial charge in [0.15, 0.2) is 11.5 Å². The molecule has 0 amide bonds. The summed E-state index contributed by atoms with van der Waals surface area (Å²) in [5, 5.41) is 11.1. The quantitative estimate of drug-likeness (QED) is 0.459. The number of nitro groups is 1. The Hall–Kier alpha value is -2.74. The summed E-state index contributed by atoms with van der Waals surface area (Å²) >= 11 is 0. The highest BCUT2D eigenvalue weighted by molar-refractivity contribution is 7.87. The van der Waals surface area contributed by atoms with Crippen molar-refractivity contribution in [2.24, 2.45) is 0 Å². The standard InChI is InChI=1S/C18H17NO6S/c1-10-4-6-13(9-14(10)19(21)22)26(23,24)25-16-7-5-11(2)17-12(3)8-15(20)18(16)17/h4-7,9,12H,8H2,1-3H3. The Kier molecular flexibility index (Phi) is 4.31. The van der Waals surface area contributed by atoms with Crippen molar-refractivity contribution in [3.8, 4) is 5.75 Å². The molecule has 0 aliphatic heterocycles. The third-order valence-electron chi connectivity index (χ3n) is 4.55. The van der Waals surface area contributed by atoms with Gasteiger partial charge in [-0.2, -0.15) is 8.42 Å². The Morgan fingerprint density at radius 3 is 2.46 bits per heavy atom. The molecule has 1 atom stereocenters. The van der Waals surface area contributed by atoms with Crippen LogP contribution in [0.2, 0.25) is 0 Å². The lowest BCUT2D eigenvalue weighted by atomic mass is 9.98. The highest BCUT2D eigenvalue weighted by atomic mass is 32.2. The van der Waals surface area contributed by atoms with E-state index in [1.807, 2.05) is 13.8 Å². The summed E-state index contributed by atoms with van der Waals surface area (Å²) in [6, 6.07) is 6.71. The number of rotatable bonds is 4. The van der Waals surface area contributed by atoms with Gasteiger partial charge in [-0.25, -0.2) is 0 Å². The highest BCUT2D eigenvalue weighted by Gasteiger charge is 2.33. The van der Waals surface area contributed by atoms with Crippen LogP contribution in [0.25, 0.3) is 0 Å². The number of benzene rings is 2. The lowest BCUT2D eigenvalue weighted by Crippen LogP contribution is -2.12. The Balaban J connectivity index is 2.06. The Morgan fingerprint density at radius 1 is 1.15 bits per heavy atom. The number of nitrogens with zero attached hydrogens (tertiary/aromatic N) is 1. The number of nitro benzene ring substituents is 1. The second kappa shape index (κ2) is 6.21. The van der Waals surface area contributed by atoms with Crippen molar-refractivity contribution in [1.82, 2.24) is 0 Å². The second-order valence-electron chi connectivity index (χ2n) is 6.44. The van der Waals surface area contributed by atoms with Gasteiger partial charge in [0.05, 0.1) is 10.5 Å². The van der Waals surface area contributed by atoms with Crippen molar-refractivity contribution in [2.75, 3.05) is 0 Å². The molecule has 1 aliphatic carbocycles. The number of hydrogen-bond donors (Lipinski definition) is 0. The predicted octanol–water partition coefficient (Wildman–Crippen LogP) is 3.67. The van der Waals surface area contributed by atoms with E-state index in [0.29, 0.717) is 12.0 Å². The van der Waals surface area contributed by atoms with Crippen LogP contribution in [0.4, 0.5) is 5.69 Å². The monoisotopic (exact) mass is 375 g/mol. The maximum absolute atomic E-state index is 12.6. The van der Waals surface area contributed by atoms with Crippen LogP contribution >= 0.6 is 0 Å². The van der Waals surface area contributed by atoms with E-state index in [0.717, 1.165) is 17.2 Å². The number of hydrogen-bond acceptors (Lipinski definition) is 6. The summed E-state index contributed by atoms with van der Waals surface area (Å²) in [6.45, 7) is 5.27.